The summed E-state index contributed by atoms with van der Waals surface area (Å²) >= 11 is 0. The molecule has 2 saturated carbocycles. The lowest BCUT2D eigenvalue weighted by atomic mass is 9.87. The van der Waals surface area contributed by atoms with Crippen molar-refractivity contribution in [1.82, 2.24) is 10.6 Å². The average Bonchev–Trinajstić information content (AvgIpc) is 3.22. The van der Waals surface area contributed by atoms with E-state index < -0.39 is 0 Å². The standard InChI is InChI=1S/C17H24N2O2/c1-2-13-8-16(13)18-14-9-15(10-14)19-17(20)21-11-12-6-4-3-5-7-12/h3-7,13-16,18H,2,8-11H2,1H3,(H,19,20). The first-order valence-corrected chi connectivity index (χ1v) is 7.98. The number of rotatable bonds is 6. The number of hydrogen-bond donors (Lipinski definition) is 2. The molecule has 2 unspecified atom stereocenters. The molecule has 0 saturated heterocycles. The molecule has 2 fully saturated rings. The van der Waals surface area contributed by atoms with E-state index in [-0.39, 0.29) is 12.1 Å². The van der Waals surface area contributed by atoms with Crippen molar-refractivity contribution >= 4 is 6.09 Å². The smallest absolute Gasteiger partial charge is 0.407 e. The van der Waals surface area contributed by atoms with E-state index in [2.05, 4.69) is 17.6 Å². The van der Waals surface area contributed by atoms with Crippen molar-refractivity contribution in [3.8, 4) is 0 Å². The minimum absolute atomic E-state index is 0.268. The molecule has 2 atom stereocenters. The molecule has 0 bridgehead atoms. The summed E-state index contributed by atoms with van der Waals surface area (Å²) in [6.07, 6.45) is 4.34. The Morgan fingerprint density at radius 3 is 2.62 bits per heavy atom. The third-order valence-corrected chi connectivity index (χ3v) is 4.57. The van der Waals surface area contributed by atoms with Crippen LogP contribution >= 0.6 is 0 Å². The molecule has 4 heteroatoms. The predicted molar refractivity (Wildman–Crippen MR) is 81.9 cm³/mol. The van der Waals surface area contributed by atoms with Crippen molar-refractivity contribution in [2.24, 2.45) is 5.92 Å². The Morgan fingerprint density at radius 2 is 1.95 bits per heavy atom. The number of alkyl carbamates (subject to hydrolysis) is 1. The fourth-order valence-electron chi connectivity index (χ4n) is 3.01. The molecule has 2 N–H and O–H groups in total. The van der Waals surface area contributed by atoms with Gasteiger partial charge >= 0.3 is 6.09 Å². The van der Waals surface area contributed by atoms with Crippen LogP contribution in [0.5, 0.6) is 0 Å². The molecule has 1 amide bonds. The van der Waals surface area contributed by atoms with Crippen LogP contribution in [0.25, 0.3) is 0 Å². The third-order valence-electron chi connectivity index (χ3n) is 4.57. The number of nitrogens with one attached hydrogen (secondary N) is 2. The van der Waals surface area contributed by atoms with Gasteiger partial charge in [0.25, 0.3) is 0 Å². The van der Waals surface area contributed by atoms with Gasteiger partial charge in [-0.15, -0.1) is 0 Å². The van der Waals surface area contributed by atoms with E-state index in [4.69, 9.17) is 4.74 Å². The number of benzene rings is 1. The summed E-state index contributed by atoms with van der Waals surface area (Å²) in [7, 11) is 0. The zero-order chi connectivity index (χ0) is 14.7. The molecular weight excluding hydrogens is 264 g/mol. The number of ether oxygens (including phenoxy) is 1. The fraction of sp³-hybridized carbons (Fsp3) is 0.588. The lowest BCUT2D eigenvalue weighted by Crippen LogP contribution is -2.53. The average molecular weight is 288 g/mol. The maximum absolute atomic E-state index is 11.7. The first kappa shape index (κ1) is 14.4. The van der Waals surface area contributed by atoms with Gasteiger partial charge in [0.2, 0.25) is 0 Å². The van der Waals surface area contributed by atoms with Gasteiger partial charge in [-0.2, -0.15) is 0 Å². The molecule has 0 radical (unpaired) electrons. The van der Waals surface area contributed by atoms with Crippen LogP contribution in [-0.4, -0.2) is 24.2 Å². The van der Waals surface area contributed by atoms with Gasteiger partial charge in [-0.1, -0.05) is 43.7 Å². The Labute approximate surface area is 126 Å². The molecule has 0 heterocycles. The van der Waals surface area contributed by atoms with E-state index in [0.29, 0.717) is 12.6 Å². The zero-order valence-electron chi connectivity index (χ0n) is 12.5. The topological polar surface area (TPSA) is 50.4 Å². The molecule has 4 nitrogen and oxygen atoms in total. The van der Waals surface area contributed by atoms with Gasteiger partial charge in [0.1, 0.15) is 6.61 Å². The molecule has 21 heavy (non-hydrogen) atoms. The number of amides is 1. The van der Waals surface area contributed by atoms with E-state index in [1.807, 2.05) is 30.3 Å². The SMILES string of the molecule is CCC1CC1NC1CC(NC(=O)OCc2ccccc2)C1. The first-order chi connectivity index (χ1) is 10.2. The summed E-state index contributed by atoms with van der Waals surface area (Å²) < 4.78 is 5.23. The van der Waals surface area contributed by atoms with Crippen molar-refractivity contribution in [2.75, 3.05) is 0 Å². The Morgan fingerprint density at radius 1 is 1.19 bits per heavy atom. The maximum atomic E-state index is 11.7. The normalized spacial score (nSPS) is 30.3. The highest BCUT2D eigenvalue weighted by atomic mass is 16.5. The van der Waals surface area contributed by atoms with Crippen LogP contribution < -0.4 is 10.6 Å². The van der Waals surface area contributed by atoms with Gasteiger partial charge in [0.15, 0.2) is 0 Å². The molecule has 1 aromatic carbocycles. The van der Waals surface area contributed by atoms with Crippen molar-refractivity contribution < 1.29 is 9.53 Å². The van der Waals surface area contributed by atoms with E-state index in [1.165, 1.54) is 12.8 Å². The second-order valence-electron chi connectivity index (χ2n) is 6.25. The van der Waals surface area contributed by atoms with E-state index in [9.17, 15) is 4.79 Å². The molecule has 2 aliphatic carbocycles. The Balaban J connectivity index is 1.29. The minimum atomic E-state index is -0.305. The quantitative estimate of drug-likeness (QED) is 0.846. The van der Waals surface area contributed by atoms with Crippen LogP contribution in [-0.2, 0) is 11.3 Å². The number of carbonyl (C=O) groups excluding carboxylic acids is 1. The summed E-state index contributed by atoms with van der Waals surface area (Å²) in [5.41, 5.74) is 1.01. The molecule has 1 aromatic rings. The second kappa shape index (κ2) is 6.48. The van der Waals surface area contributed by atoms with Crippen molar-refractivity contribution in [3.05, 3.63) is 35.9 Å². The highest BCUT2D eigenvalue weighted by Crippen LogP contribution is 2.35. The highest BCUT2D eigenvalue weighted by Gasteiger charge is 2.40. The van der Waals surface area contributed by atoms with Gasteiger partial charge in [-0.3, -0.25) is 0 Å². The zero-order valence-corrected chi connectivity index (χ0v) is 12.5. The number of carbonyl (C=O) groups is 1. The third kappa shape index (κ3) is 3.97. The van der Waals surface area contributed by atoms with Crippen LogP contribution in [0.4, 0.5) is 4.79 Å². The predicted octanol–water partition coefficient (Wildman–Crippen LogP) is 2.83. The summed E-state index contributed by atoms with van der Waals surface area (Å²) in [6.45, 7) is 2.58. The second-order valence-corrected chi connectivity index (χ2v) is 6.25. The van der Waals surface area contributed by atoms with E-state index in [1.54, 1.807) is 0 Å². The summed E-state index contributed by atoms with van der Waals surface area (Å²) in [5.74, 6) is 0.882. The van der Waals surface area contributed by atoms with Crippen LogP contribution in [0, 0.1) is 5.92 Å². The summed E-state index contributed by atoms with van der Waals surface area (Å²) in [4.78, 5) is 11.7. The largest absolute Gasteiger partial charge is 0.445 e. The van der Waals surface area contributed by atoms with Crippen LogP contribution in [0.15, 0.2) is 30.3 Å². The van der Waals surface area contributed by atoms with Gasteiger partial charge < -0.3 is 15.4 Å². The number of hydrogen-bond acceptors (Lipinski definition) is 3. The monoisotopic (exact) mass is 288 g/mol. The van der Waals surface area contributed by atoms with Crippen molar-refractivity contribution in [3.63, 3.8) is 0 Å². The van der Waals surface area contributed by atoms with Gasteiger partial charge in [-0.25, -0.2) is 4.79 Å². The molecule has 3 rings (SSSR count). The van der Waals surface area contributed by atoms with Gasteiger partial charge in [-0.05, 0) is 30.7 Å². The lowest BCUT2D eigenvalue weighted by molar-refractivity contribution is 0.125. The minimum Gasteiger partial charge on any atom is -0.445 e. The molecule has 0 spiro atoms. The van der Waals surface area contributed by atoms with Gasteiger partial charge in [0, 0.05) is 18.1 Å². The van der Waals surface area contributed by atoms with Crippen LogP contribution in [0.3, 0.4) is 0 Å². The molecular formula is C17H24N2O2. The fourth-order valence-corrected chi connectivity index (χ4v) is 3.01. The molecule has 114 valence electrons. The first-order valence-electron chi connectivity index (χ1n) is 7.98. The Hall–Kier alpha value is -1.55. The molecule has 0 aromatic heterocycles. The van der Waals surface area contributed by atoms with Gasteiger partial charge in [0.05, 0.1) is 0 Å². The van der Waals surface area contributed by atoms with Crippen LogP contribution in [0.1, 0.15) is 38.2 Å². The highest BCUT2D eigenvalue weighted by molar-refractivity contribution is 5.67. The Kier molecular flexibility index (Phi) is 4.44. The lowest BCUT2D eigenvalue weighted by Gasteiger charge is -2.36. The summed E-state index contributed by atoms with van der Waals surface area (Å²) in [5, 5.41) is 6.59. The summed E-state index contributed by atoms with van der Waals surface area (Å²) in [6, 6.07) is 11.3. The maximum Gasteiger partial charge on any atom is 0.407 e. The molecule has 0 aliphatic heterocycles. The van der Waals surface area contributed by atoms with Crippen molar-refractivity contribution in [2.45, 2.75) is 57.3 Å². The Bertz CT molecular complexity index is 471. The van der Waals surface area contributed by atoms with Crippen molar-refractivity contribution in [1.29, 1.82) is 0 Å². The van der Waals surface area contributed by atoms with Crippen LogP contribution in [0.2, 0.25) is 0 Å². The van der Waals surface area contributed by atoms with E-state index in [0.717, 1.165) is 30.4 Å². The molecule has 2 aliphatic rings. The van der Waals surface area contributed by atoms with E-state index >= 15 is 0 Å².